The largest absolute Gasteiger partial charge is 0.480 e. The second-order valence-corrected chi connectivity index (χ2v) is 4.63. The zero-order valence-electron chi connectivity index (χ0n) is 9.48. The number of carboxylic acid groups (broad SMARTS) is 1. The van der Waals surface area contributed by atoms with Gasteiger partial charge < -0.3 is 10.4 Å². The number of hydrogen-bond acceptors (Lipinski definition) is 3. The molecule has 0 spiro atoms. The Morgan fingerprint density at radius 2 is 2.12 bits per heavy atom. The average Bonchev–Trinajstić information content (AvgIpc) is 2.25. The van der Waals surface area contributed by atoms with Crippen molar-refractivity contribution in [2.45, 2.75) is 19.9 Å². The lowest BCUT2D eigenvalue weighted by molar-refractivity contribution is -0.140. The Labute approximate surface area is 107 Å². The van der Waals surface area contributed by atoms with Crippen molar-refractivity contribution in [3.05, 3.63) is 28.5 Å². The summed E-state index contributed by atoms with van der Waals surface area (Å²) < 4.78 is 0.394. The fourth-order valence-electron chi connectivity index (χ4n) is 1.29. The predicted molar refractivity (Wildman–Crippen MR) is 65.7 cm³/mol. The van der Waals surface area contributed by atoms with Crippen molar-refractivity contribution >= 4 is 27.8 Å². The van der Waals surface area contributed by atoms with Crippen molar-refractivity contribution in [3.8, 4) is 0 Å². The van der Waals surface area contributed by atoms with E-state index in [-0.39, 0.29) is 5.92 Å². The summed E-state index contributed by atoms with van der Waals surface area (Å²) in [6, 6.07) is 2.28. The number of aliphatic carboxylic acids is 1. The molecule has 0 aliphatic heterocycles. The molecular weight excluding hydrogens is 288 g/mol. The minimum absolute atomic E-state index is 0.188. The van der Waals surface area contributed by atoms with Gasteiger partial charge in [0.2, 0.25) is 0 Å². The van der Waals surface area contributed by atoms with Crippen molar-refractivity contribution in [2.24, 2.45) is 5.92 Å². The number of amides is 1. The number of carboxylic acids is 1. The van der Waals surface area contributed by atoms with E-state index in [0.29, 0.717) is 10.2 Å². The van der Waals surface area contributed by atoms with E-state index >= 15 is 0 Å². The Morgan fingerprint density at radius 3 is 2.59 bits per heavy atom. The molecule has 1 atom stereocenters. The molecule has 0 saturated heterocycles. The van der Waals surface area contributed by atoms with Gasteiger partial charge in [-0.15, -0.1) is 0 Å². The molecular formula is C11H13BrN2O3. The Morgan fingerprint density at radius 1 is 1.47 bits per heavy atom. The highest BCUT2D eigenvalue weighted by molar-refractivity contribution is 9.10. The van der Waals surface area contributed by atoms with E-state index in [1.165, 1.54) is 6.20 Å². The standard InChI is InChI=1S/C11H13BrN2O3/c1-6(2)8(11(16)17)14-10(15)7-4-3-5-13-9(7)12/h3-6,8H,1-2H3,(H,14,15)(H,16,17). The molecule has 1 heterocycles. The third-order valence-electron chi connectivity index (χ3n) is 2.22. The first-order chi connectivity index (χ1) is 7.93. The zero-order chi connectivity index (χ0) is 13.0. The molecule has 0 aromatic carbocycles. The molecule has 1 rings (SSSR count). The molecule has 92 valence electrons. The van der Waals surface area contributed by atoms with Crippen LogP contribution in [0.3, 0.4) is 0 Å². The molecule has 1 unspecified atom stereocenters. The van der Waals surface area contributed by atoms with Crippen LogP contribution in [0.4, 0.5) is 0 Å². The van der Waals surface area contributed by atoms with Crippen molar-refractivity contribution in [3.63, 3.8) is 0 Å². The van der Waals surface area contributed by atoms with Crippen LogP contribution in [0.25, 0.3) is 0 Å². The van der Waals surface area contributed by atoms with E-state index in [9.17, 15) is 9.59 Å². The maximum atomic E-state index is 11.8. The number of halogens is 1. The van der Waals surface area contributed by atoms with Crippen LogP contribution >= 0.6 is 15.9 Å². The first-order valence-corrected chi connectivity index (χ1v) is 5.87. The SMILES string of the molecule is CC(C)C(NC(=O)c1cccnc1Br)C(=O)O. The highest BCUT2D eigenvalue weighted by atomic mass is 79.9. The molecule has 0 bridgehead atoms. The van der Waals surface area contributed by atoms with Gasteiger partial charge in [0, 0.05) is 6.20 Å². The van der Waals surface area contributed by atoms with E-state index in [1.54, 1.807) is 26.0 Å². The Hall–Kier alpha value is -1.43. The number of aromatic nitrogens is 1. The fourth-order valence-corrected chi connectivity index (χ4v) is 1.72. The van der Waals surface area contributed by atoms with Crippen molar-refractivity contribution in [1.82, 2.24) is 10.3 Å². The van der Waals surface area contributed by atoms with Crippen molar-refractivity contribution < 1.29 is 14.7 Å². The fraction of sp³-hybridized carbons (Fsp3) is 0.364. The van der Waals surface area contributed by atoms with E-state index in [2.05, 4.69) is 26.2 Å². The summed E-state index contributed by atoms with van der Waals surface area (Å²) in [4.78, 5) is 26.7. The van der Waals surface area contributed by atoms with Crippen LogP contribution in [0.5, 0.6) is 0 Å². The Balaban J connectivity index is 2.85. The summed E-state index contributed by atoms with van der Waals surface area (Å²) in [5, 5.41) is 11.4. The van der Waals surface area contributed by atoms with Crippen molar-refractivity contribution in [2.75, 3.05) is 0 Å². The van der Waals surface area contributed by atoms with Gasteiger partial charge in [-0.25, -0.2) is 9.78 Å². The number of nitrogens with zero attached hydrogens (tertiary/aromatic N) is 1. The van der Waals surface area contributed by atoms with E-state index in [1.807, 2.05) is 0 Å². The predicted octanol–water partition coefficient (Wildman–Crippen LogP) is 1.68. The summed E-state index contributed by atoms with van der Waals surface area (Å²) in [6.45, 7) is 3.47. The molecule has 1 aromatic heterocycles. The quantitative estimate of drug-likeness (QED) is 0.829. The van der Waals surface area contributed by atoms with Crippen LogP contribution in [0.1, 0.15) is 24.2 Å². The third kappa shape index (κ3) is 3.52. The van der Waals surface area contributed by atoms with Gasteiger partial charge in [-0.1, -0.05) is 13.8 Å². The molecule has 0 saturated carbocycles. The molecule has 6 heteroatoms. The molecule has 0 radical (unpaired) electrons. The smallest absolute Gasteiger partial charge is 0.326 e. The van der Waals surface area contributed by atoms with Gasteiger partial charge in [-0.3, -0.25) is 4.79 Å². The molecule has 1 aromatic rings. The van der Waals surface area contributed by atoms with Crippen LogP contribution in [-0.4, -0.2) is 28.0 Å². The number of pyridine rings is 1. The monoisotopic (exact) mass is 300 g/mol. The van der Waals surface area contributed by atoms with Crippen LogP contribution in [0.15, 0.2) is 22.9 Å². The Kier molecular flexibility index (Phi) is 4.62. The lowest BCUT2D eigenvalue weighted by atomic mass is 10.0. The first-order valence-electron chi connectivity index (χ1n) is 5.07. The summed E-state index contributed by atoms with van der Waals surface area (Å²) in [5.74, 6) is -1.69. The zero-order valence-corrected chi connectivity index (χ0v) is 11.1. The van der Waals surface area contributed by atoms with Crippen LogP contribution in [-0.2, 0) is 4.79 Å². The molecule has 1 amide bonds. The highest BCUT2D eigenvalue weighted by Gasteiger charge is 2.24. The van der Waals surface area contributed by atoms with Gasteiger partial charge in [0.1, 0.15) is 10.6 Å². The summed E-state index contributed by atoms with van der Waals surface area (Å²) in [5.41, 5.74) is 0.319. The van der Waals surface area contributed by atoms with E-state index < -0.39 is 17.9 Å². The Bertz CT molecular complexity index is 434. The maximum absolute atomic E-state index is 11.8. The number of carbonyl (C=O) groups excluding carboxylic acids is 1. The van der Waals surface area contributed by atoms with Crippen LogP contribution < -0.4 is 5.32 Å². The minimum Gasteiger partial charge on any atom is -0.480 e. The number of nitrogens with one attached hydrogen (secondary N) is 1. The molecule has 0 aliphatic carbocycles. The molecule has 5 nitrogen and oxygen atoms in total. The second-order valence-electron chi connectivity index (χ2n) is 3.88. The molecule has 0 aliphatic rings. The first kappa shape index (κ1) is 13.6. The molecule has 17 heavy (non-hydrogen) atoms. The summed E-state index contributed by atoms with van der Waals surface area (Å²) >= 11 is 3.14. The van der Waals surface area contributed by atoms with Crippen molar-refractivity contribution in [1.29, 1.82) is 0 Å². The molecule has 2 N–H and O–H groups in total. The van der Waals surface area contributed by atoms with Gasteiger partial charge in [-0.2, -0.15) is 0 Å². The van der Waals surface area contributed by atoms with Gasteiger partial charge in [-0.05, 0) is 34.0 Å². The topological polar surface area (TPSA) is 79.3 Å². The number of rotatable bonds is 4. The normalized spacial score (nSPS) is 12.2. The van der Waals surface area contributed by atoms with Crippen LogP contribution in [0, 0.1) is 5.92 Å². The number of carbonyl (C=O) groups is 2. The summed E-state index contributed by atoms with van der Waals surface area (Å²) in [6.07, 6.45) is 1.54. The lowest BCUT2D eigenvalue weighted by Gasteiger charge is -2.18. The average molecular weight is 301 g/mol. The number of hydrogen-bond donors (Lipinski definition) is 2. The summed E-state index contributed by atoms with van der Waals surface area (Å²) in [7, 11) is 0. The van der Waals surface area contributed by atoms with Gasteiger partial charge >= 0.3 is 5.97 Å². The highest BCUT2D eigenvalue weighted by Crippen LogP contribution is 2.13. The molecule has 0 fully saturated rings. The van der Waals surface area contributed by atoms with Gasteiger partial charge in [0.05, 0.1) is 5.56 Å². The maximum Gasteiger partial charge on any atom is 0.326 e. The second kappa shape index (κ2) is 5.77. The minimum atomic E-state index is -1.05. The third-order valence-corrected chi connectivity index (χ3v) is 2.85. The van der Waals surface area contributed by atoms with Gasteiger partial charge in [0.25, 0.3) is 5.91 Å². The van der Waals surface area contributed by atoms with E-state index in [4.69, 9.17) is 5.11 Å². The van der Waals surface area contributed by atoms with Crippen LogP contribution in [0.2, 0.25) is 0 Å². The lowest BCUT2D eigenvalue weighted by Crippen LogP contribution is -2.44. The van der Waals surface area contributed by atoms with E-state index in [0.717, 1.165) is 0 Å². The van der Waals surface area contributed by atoms with Gasteiger partial charge in [0.15, 0.2) is 0 Å².